The normalized spacial score (nSPS) is 10.5. The number of hydrogen-bond donors (Lipinski definition) is 0. The first-order valence-electron chi connectivity index (χ1n) is 6.65. The largest absolute Gasteiger partial charge is 0.461 e. The molecule has 0 saturated heterocycles. The predicted molar refractivity (Wildman–Crippen MR) is 78.8 cm³/mol. The van der Waals surface area contributed by atoms with E-state index in [1.165, 1.54) is 23.5 Å². The fourth-order valence-electron chi connectivity index (χ4n) is 1.81. The molecule has 0 radical (unpaired) electrons. The molecule has 0 saturated carbocycles. The third kappa shape index (κ3) is 4.21. The molecule has 1 heterocycles. The first-order chi connectivity index (χ1) is 10.5. The molecular formula is C16H14F2O3S. The van der Waals surface area contributed by atoms with Crippen molar-refractivity contribution in [1.29, 1.82) is 0 Å². The summed E-state index contributed by atoms with van der Waals surface area (Å²) in [7, 11) is 0. The maximum atomic E-state index is 13.4. The Morgan fingerprint density at radius 2 is 1.91 bits per heavy atom. The van der Waals surface area contributed by atoms with Gasteiger partial charge in [-0.1, -0.05) is 12.1 Å². The van der Waals surface area contributed by atoms with Crippen LogP contribution in [0.3, 0.4) is 0 Å². The highest BCUT2D eigenvalue weighted by atomic mass is 32.1. The molecule has 22 heavy (non-hydrogen) atoms. The zero-order valence-corrected chi connectivity index (χ0v) is 12.7. The van der Waals surface area contributed by atoms with Crippen LogP contribution in [0.2, 0.25) is 0 Å². The number of carbonyl (C=O) groups is 2. The maximum Gasteiger partial charge on any atom is 0.306 e. The molecule has 2 aromatic rings. The van der Waals surface area contributed by atoms with E-state index < -0.39 is 17.6 Å². The van der Waals surface area contributed by atoms with Crippen molar-refractivity contribution >= 4 is 23.1 Å². The zero-order chi connectivity index (χ0) is 16.1. The van der Waals surface area contributed by atoms with Crippen LogP contribution in [0, 0.1) is 18.6 Å². The van der Waals surface area contributed by atoms with E-state index in [0.717, 1.165) is 10.9 Å². The second-order valence-electron chi connectivity index (χ2n) is 4.71. The van der Waals surface area contributed by atoms with E-state index in [1.54, 1.807) is 6.07 Å². The standard InChI is InChI=1S/C16H14F2O3S/c1-10-5-7-14(22-10)13(19)6-8-15(20)21-9-11-3-2-4-12(17)16(11)18/h2-5,7H,6,8-9H2,1H3. The van der Waals surface area contributed by atoms with Crippen LogP contribution in [0.1, 0.15) is 33.0 Å². The minimum atomic E-state index is -1.03. The van der Waals surface area contributed by atoms with Gasteiger partial charge in [0.1, 0.15) is 6.61 Å². The highest BCUT2D eigenvalue weighted by molar-refractivity contribution is 7.14. The predicted octanol–water partition coefficient (Wildman–Crippen LogP) is 4.04. The van der Waals surface area contributed by atoms with Gasteiger partial charge in [0.05, 0.1) is 11.3 Å². The Balaban J connectivity index is 1.81. The zero-order valence-electron chi connectivity index (χ0n) is 11.9. The lowest BCUT2D eigenvalue weighted by Gasteiger charge is -2.06. The molecule has 116 valence electrons. The van der Waals surface area contributed by atoms with E-state index in [-0.39, 0.29) is 30.8 Å². The van der Waals surface area contributed by atoms with Crippen LogP contribution in [0.4, 0.5) is 8.78 Å². The number of ketones is 1. The number of carbonyl (C=O) groups excluding carboxylic acids is 2. The van der Waals surface area contributed by atoms with Crippen molar-refractivity contribution in [3.05, 3.63) is 57.3 Å². The minimum absolute atomic E-state index is 0.0322. The van der Waals surface area contributed by atoms with Gasteiger partial charge >= 0.3 is 5.97 Å². The quantitative estimate of drug-likeness (QED) is 0.595. The first kappa shape index (κ1) is 16.3. The monoisotopic (exact) mass is 324 g/mol. The van der Waals surface area contributed by atoms with Gasteiger partial charge < -0.3 is 4.74 Å². The Bertz CT molecular complexity index is 694. The number of ether oxygens (including phenoxy) is 1. The summed E-state index contributed by atoms with van der Waals surface area (Å²) < 4.78 is 31.2. The Morgan fingerprint density at radius 3 is 2.59 bits per heavy atom. The number of benzene rings is 1. The van der Waals surface area contributed by atoms with Crippen molar-refractivity contribution in [3.8, 4) is 0 Å². The summed E-state index contributed by atoms with van der Waals surface area (Å²) in [4.78, 5) is 25.0. The third-order valence-electron chi connectivity index (χ3n) is 2.99. The highest BCUT2D eigenvalue weighted by Crippen LogP contribution is 2.18. The van der Waals surface area contributed by atoms with Crippen molar-refractivity contribution in [3.63, 3.8) is 0 Å². The van der Waals surface area contributed by atoms with Gasteiger partial charge in [0, 0.05) is 16.9 Å². The van der Waals surface area contributed by atoms with Crippen molar-refractivity contribution in [1.82, 2.24) is 0 Å². The van der Waals surface area contributed by atoms with Crippen molar-refractivity contribution < 1.29 is 23.1 Å². The van der Waals surface area contributed by atoms with Crippen molar-refractivity contribution in [2.24, 2.45) is 0 Å². The summed E-state index contributed by atoms with van der Waals surface area (Å²) >= 11 is 1.37. The van der Waals surface area contributed by atoms with Crippen molar-refractivity contribution in [2.75, 3.05) is 0 Å². The minimum Gasteiger partial charge on any atom is -0.461 e. The fourth-order valence-corrected chi connectivity index (χ4v) is 2.65. The average Bonchev–Trinajstić information content (AvgIpc) is 2.93. The fraction of sp³-hybridized carbons (Fsp3) is 0.250. The van der Waals surface area contributed by atoms with Gasteiger partial charge in [-0.25, -0.2) is 8.78 Å². The van der Waals surface area contributed by atoms with Gasteiger partial charge in [0.2, 0.25) is 0 Å². The van der Waals surface area contributed by atoms with Crippen LogP contribution >= 0.6 is 11.3 Å². The summed E-state index contributed by atoms with van der Waals surface area (Å²) in [5.74, 6) is -2.77. The van der Waals surface area contributed by atoms with Crippen LogP contribution < -0.4 is 0 Å². The number of rotatable bonds is 6. The second-order valence-corrected chi connectivity index (χ2v) is 5.99. The first-order valence-corrected chi connectivity index (χ1v) is 7.47. The average molecular weight is 324 g/mol. The smallest absolute Gasteiger partial charge is 0.306 e. The maximum absolute atomic E-state index is 13.4. The molecule has 0 fully saturated rings. The topological polar surface area (TPSA) is 43.4 Å². The Morgan fingerprint density at radius 1 is 1.14 bits per heavy atom. The number of thiophene rings is 1. The number of aryl methyl sites for hydroxylation is 1. The summed E-state index contributed by atoms with van der Waals surface area (Å²) in [6, 6.07) is 7.22. The SMILES string of the molecule is Cc1ccc(C(=O)CCC(=O)OCc2cccc(F)c2F)s1. The molecular weight excluding hydrogens is 310 g/mol. The molecule has 0 bridgehead atoms. The highest BCUT2D eigenvalue weighted by Gasteiger charge is 2.13. The molecule has 1 aromatic heterocycles. The van der Waals surface area contributed by atoms with Crippen LogP contribution in [0.25, 0.3) is 0 Å². The Kier molecular flexibility index (Phi) is 5.38. The molecule has 0 spiro atoms. The Labute approximate surface area is 130 Å². The lowest BCUT2D eigenvalue weighted by molar-refractivity contribution is -0.144. The summed E-state index contributed by atoms with van der Waals surface area (Å²) in [5, 5.41) is 0. The molecule has 6 heteroatoms. The number of esters is 1. The Hall–Kier alpha value is -2.08. The van der Waals surface area contributed by atoms with Crippen LogP contribution in [-0.4, -0.2) is 11.8 Å². The summed E-state index contributed by atoms with van der Waals surface area (Å²) in [5.41, 5.74) is -0.0337. The third-order valence-corrected chi connectivity index (χ3v) is 4.03. The lowest BCUT2D eigenvalue weighted by Crippen LogP contribution is -2.08. The van der Waals surface area contributed by atoms with Gasteiger partial charge in [-0.05, 0) is 25.1 Å². The van der Waals surface area contributed by atoms with Gasteiger partial charge in [-0.2, -0.15) is 0 Å². The molecule has 0 atom stereocenters. The van der Waals surface area contributed by atoms with E-state index in [9.17, 15) is 18.4 Å². The van der Waals surface area contributed by atoms with E-state index in [4.69, 9.17) is 4.74 Å². The molecule has 0 aliphatic rings. The van der Waals surface area contributed by atoms with Gasteiger partial charge in [0.25, 0.3) is 0 Å². The van der Waals surface area contributed by atoms with E-state index in [1.807, 2.05) is 13.0 Å². The molecule has 3 nitrogen and oxygen atoms in total. The van der Waals surface area contributed by atoms with Crippen LogP contribution in [0.5, 0.6) is 0 Å². The number of halogens is 2. The molecule has 2 rings (SSSR count). The van der Waals surface area contributed by atoms with E-state index >= 15 is 0 Å². The van der Waals surface area contributed by atoms with Gasteiger partial charge in [0.15, 0.2) is 17.4 Å². The summed E-state index contributed by atoms with van der Waals surface area (Å²) in [6.45, 7) is 1.54. The van der Waals surface area contributed by atoms with Crippen LogP contribution in [-0.2, 0) is 16.1 Å². The van der Waals surface area contributed by atoms with Gasteiger partial charge in [-0.3, -0.25) is 9.59 Å². The summed E-state index contributed by atoms with van der Waals surface area (Å²) in [6.07, 6.45) is -0.0584. The van der Waals surface area contributed by atoms with E-state index in [0.29, 0.717) is 4.88 Å². The molecule has 0 unspecified atom stereocenters. The molecule has 0 aliphatic carbocycles. The second kappa shape index (κ2) is 7.26. The van der Waals surface area contributed by atoms with Crippen molar-refractivity contribution in [2.45, 2.75) is 26.4 Å². The molecule has 0 aliphatic heterocycles. The van der Waals surface area contributed by atoms with Gasteiger partial charge in [-0.15, -0.1) is 11.3 Å². The number of Topliss-reactive ketones (excluding diaryl/α,β-unsaturated/α-hetero) is 1. The molecule has 0 N–H and O–H groups in total. The molecule has 0 amide bonds. The van der Waals surface area contributed by atoms with Crippen LogP contribution in [0.15, 0.2) is 30.3 Å². The number of hydrogen-bond acceptors (Lipinski definition) is 4. The van der Waals surface area contributed by atoms with E-state index in [2.05, 4.69) is 0 Å². The lowest BCUT2D eigenvalue weighted by atomic mass is 10.2. The molecule has 1 aromatic carbocycles.